The van der Waals surface area contributed by atoms with E-state index in [2.05, 4.69) is 0 Å². The summed E-state index contributed by atoms with van der Waals surface area (Å²) in [7, 11) is 0. The van der Waals surface area contributed by atoms with E-state index < -0.39 is 17.5 Å². The standard InChI is InChI=1S/C20H27NO4/c1-20(2,3)25-19(24)21-13-7-10-17(21)12-11-16(18(22)23)14-15-8-5-4-6-9-15/h4-6,8-9,11-12,16-17H,7,10,13-14H2,1-3H3,(H,22,23)/b12-11+/t16?,17-/m0/s1. The maximum Gasteiger partial charge on any atom is 0.410 e. The maximum atomic E-state index is 12.3. The normalized spacial score (nSPS) is 19.2. The number of aliphatic carboxylic acids is 1. The SMILES string of the molecule is CC(C)(C)OC(=O)N1CCC[C@H]1/C=C/C(Cc1ccccc1)C(=O)O. The predicted octanol–water partition coefficient (Wildman–Crippen LogP) is 3.89. The second-order valence-electron chi connectivity index (χ2n) is 7.40. The van der Waals surface area contributed by atoms with Crippen LogP contribution >= 0.6 is 0 Å². The molecule has 1 aromatic rings. The third-order valence-electron chi connectivity index (χ3n) is 4.11. The monoisotopic (exact) mass is 345 g/mol. The minimum absolute atomic E-state index is 0.104. The minimum atomic E-state index is -0.859. The van der Waals surface area contributed by atoms with Crippen molar-refractivity contribution >= 4 is 12.1 Å². The molecule has 2 atom stereocenters. The van der Waals surface area contributed by atoms with E-state index in [1.54, 1.807) is 11.0 Å². The Morgan fingerprint density at radius 1 is 1.32 bits per heavy atom. The summed E-state index contributed by atoms with van der Waals surface area (Å²) >= 11 is 0. The molecule has 0 aliphatic carbocycles. The van der Waals surface area contributed by atoms with Crippen molar-refractivity contribution in [3.05, 3.63) is 48.0 Å². The lowest BCUT2D eigenvalue weighted by Crippen LogP contribution is -2.39. The number of hydrogen-bond donors (Lipinski definition) is 1. The van der Waals surface area contributed by atoms with E-state index in [9.17, 15) is 14.7 Å². The third kappa shape index (κ3) is 5.93. The van der Waals surface area contributed by atoms with Crippen LogP contribution in [0.5, 0.6) is 0 Å². The van der Waals surface area contributed by atoms with Crippen LogP contribution in [-0.2, 0) is 16.0 Å². The summed E-state index contributed by atoms with van der Waals surface area (Å²) < 4.78 is 5.44. The van der Waals surface area contributed by atoms with Gasteiger partial charge in [0.2, 0.25) is 0 Å². The van der Waals surface area contributed by atoms with Gasteiger partial charge in [0.15, 0.2) is 0 Å². The van der Waals surface area contributed by atoms with Crippen LogP contribution in [0.2, 0.25) is 0 Å². The maximum absolute atomic E-state index is 12.3. The smallest absolute Gasteiger partial charge is 0.410 e. The molecule has 1 saturated heterocycles. The molecule has 0 saturated carbocycles. The van der Waals surface area contributed by atoms with Gasteiger partial charge in [-0.2, -0.15) is 0 Å². The minimum Gasteiger partial charge on any atom is -0.481 e. The van der Waals surface area contributed by atoms with Crippen molar-refractivity contribution in [3.8, 4) is 0 Å². The Bertz CT molecular complexity index is 618. The molecule has 5 heteroatoms. The van der Waals surface area contributed by atoms with Crippen LogP contribution in [-0.4, -0.2) is 40.3 Å². The molecular weight excluding hydrogens is 318 g/mol. The molecule has 0 spiro atoms. The number of benzene rings is 1. The lowest BCUT2D eigenvalue weighted by Gasteiger charge is -2.27. The number of rotatable bonds is 5. The summed E-state index contributed by atoms with van der Waals surface area (Å²) in [5.41, 5.74) is 0.445. The van der Waals surface area contributed by atoms with Crippen molar-refractivity contribution in [1.29, 1.82) is 0 Å². The number of carbonyl (C=O) groups is 2. The lowest BCUT2D eigenvalue weighted by molar-refractivity contribution is -0.140. The Balaban J connectivity index is 2.03. The Morgan fingerprint density at radius 3 is 2.60 bits per heavy atom. The molecule has 1 aromatic carbocycles. The molecule has 1 N–H and O–H groups in total. The van der Waals surface area contributed by atoms with Crippen LogP contribution in [0.4, 0.5) is 4.79 Å². The Labute approximate surface area is 149 Å². The first-order valence-electron chi connectivity index (χ1n) is 8.71. The zero-order valence-corrected chi connectivity index (χ0v) is 15.1. The van der Waals surface area contributed by atoms with Crippen molar-refractivity contribution in [2.75, 3.05) is 6.54 Å². The molecule has 1 aliphatic heterocycles. The van der Waals surface area contributed by atoms with E-state index in [0.29, 0.717) is 13.0 Å². The molecule has 136 valence electrons. The Kier molecular flexibility index (Phi) is 6.23. The number of carboxylic acid groups (broad SMARTS) is 1. The Morgan fingerprint density at radius 2 is 2.00 bits per heavy atom. The number of carboxylic acids is 1. The number of hydrogen-bond acceptors (Lipinski definition) is 3. The van der Waals surface area contributed by atoms with Crippen molar-refractivity contribution < 1.29 is 19.4 Å². The quantitative estimate of drug-likeness (QED) is 0.822. The van der Waals surface area contributed by atoms with Crippen molar-refractivity contribution in [1.82, 2.24) is 4.90 Å². The number of amides is 1. The molecule has 0 bridgehead atoms. The summed E-state index contributed by atoms with van der Waals surface area (Å²) in [6.07, 6.45) is 5.38. The van der Waals surface area contributed by atoms with Crippen molar-refractivity contribution in [3.63, 3.8) is 0 Å². The van der Waals surface area contributed by atoms with Crippen LogP contribution in [0.1, 0.15) is 39.2 Å². The van der Waals surface area contributed by atoms with Crippen LogP contribution in [0.25, 0.3) is 0 Å². The van der Waals surface area contributed by atoms with Crippen LogP contribution in [0.15, 0.2) is 42.5 Å². The topological polar surface area (TPSA) is 66.8 Å². The van der Waals surface area contributed by atoms with E-state index in [1.807, 2.05) is 57.2 Å². The highest BCUT2D eigenvalue weighted by atomic mass is 16.6. The Hall–Kier alpha value is -2.30. The third-order valence-corrected chi connectivity index (χ3v) is 4.11. The largest absolute Gasteiger partial charge is 0.481 e. The van der Waals surface area contributed by atoms with E-state index in [4.69, 9.17) is 4.74 Å². The van der Waals surface area contributed by atoms with Gasteiger partial charge in [-0.05, 0) is 45.6 Å². The van der Waals surface area contributed by atoms with E-state index in [1.165, 1.54) is 0 Å². The van der Waals surface area contributed by atoms with E-state index >= 15 is 0 Å². The first kappa shape index (κ1) is 19.0. The summed E-state index contributed by atoms with van der Waals surface area (Å²) in [6.45, 7) is 6.16. The fourth-order valence-electron chi connectivity index (χ4n) is 2.91. The highest BCUT2D eigenvalue weighted by molar-refractivity contribution is 5.73. The van der Waals surface area contributed by atoms with Crippen LogP contribution < -0.4 is 0 Å². The van der Waals surface area contributed by atoms with Gasteiger partial charge in [0.05, 0.1) is 12.0 Å². The van der Waals surface area contributed by atoms with Gasteiger partial charge < -0.3 is 14.7 Å². The second kappa shape index (κ2) is 8.19. The van der Waals surface area contributed by atoms with Crippen LogP contribution in [0.3, 0.4) is 0 Å². The fourth-order valence-corrected chi connectivity index (χ4v) is 2.91. The molecule has 5 nitrogen and oxygen atoms in total. The summed E-state index contributed by atoms with van der Waals surface area (Å²) in [5, 5.41) is 9.48. The first-order chi connectivity index (χ1) is 11.8. The predicted molar refractivity (Wildman–Crippen MR) is 96.4 cm³/mol. The number of carbonyl (C=O) groups excluding carboxylic acids is 1. The number of ether oxygens (including phenoxy) is 1. The molecular formula is C20H27NO4. The average Bonchev–Trinajstić information content (AvgIpc) is 2.99. The molecule has 2 rings (SSSR count). The van der Waals surface area contributed by atoms with Gasteiger partial charge in [-0.15, -0.1) is 0 Å². The molecule has 1 fully saturated rings. The molecule has 1 heterocycles. The van der Waals surface area contributed by atoms with Gasteiger partial charge in [0.1, 0.15) is 5.60 Å². The highest BCUT2D eigenvalue weighted by Gasteiger charge is 2.31. The molecule has 0 aromatic heterocycles. The highest BCUT2D eigenvalue weighted by Crippen LogP contribution is 2.22. The lowest BCUT2D eigenvalue weighted by atomic mass is 9.98. The molecule has 1 aliphatic rings. The average molecular weight is 345 g/mol. The van der Waals surface area contributed by atoms with Gasteiger partial charge in [0, 0.05) is 6.54 Å². The van der Waals surface area contributed by atoms with Crippen LogP contribution in [0, 0.1) is 5.92 Å². The molecule has 25 heavy (non-hydrogen) atoms. The van der Waals surface area contributed by atoms with Gasteiger partial charge in [-0.3, -0.25) is 4.79 Å². The molecule has 1 amide bonds. The van der Waals surface area contributed by atoms with E-state index in [-0.39, 0.29) is 12.1 Å². The van der Waals surface area contributed by atoms with Gasteiger partial charge in [0.25, 0.3) is 0 Å². The second-order valence-corrected chi connectivity index (χ2v) is 7.40. The molecule has 1 unspecified atom stereocenters. The number of nitrogens with zero attached hydrogens (tertiary/aromatic N) is 1. The summed E-state index contributed by atoms with van der Waals surface area (Å²) in [5.74, 6) is -1.47. The summed E-state index contributed by atoms with van der Waals surface area (Å²) in [4.78, 5) is 25.5. The number of likely N-dealkylation sites (tertiary alicyclic amines) is 1. The fraction of sp³-hybridized carbons (Fsp3) is 0.500. The van der Waals surface area contributed by atoms with Gasteiger partial charge in [-0.25, -0.2) is 4.79 Å². The molecule has 0 radical (unpaired) electrons. The zero-order valence-electron chi connectivity index (χ0n) is 15.1. The van der Waals surface area contributed by atoms with Gasteiger partial charge >= 0.3 is 12.1 Å². The zero-order chi connectivity index (χ0) is 18.4. The first-order valence-corrected chi connectivity index (χ1v) is 8.71. The van der Waals surface area contributed by atoms with E-state index in [0.717, 1.165) is 18.4 Å². The summed E-state index contributed by atoms with van der Waals surface area (Å²) in [6, 6.07) is 9.45. The van der Waals surface area contributed by atoms with Crippen molar-refractivity contribution in [2.24, 2.45) is 5.92 Å². The van der Waals surface area contributed by atoms with Gasteiger partial charge in [-0.1, -0.05) is 42.5 Å². The van der Waals surface area contributed by atoms with Crippen molar-refractivity contribution in [2.45, 2.75) is 51.7 Å².